The van der Waals surface area contributed by atoms with Gasteiger partial charge in [0, 0.05) is 6.54 Å². The van der Waals surface area contributed by atoms with Gasteiger partial charge < -0.3 is 19.5 Å². The normalized spacial score (nSPS) is 21.4. The largest absolute Gasteiger partial charge is 0.481 e. The van der Waals surface area contributed by atoms with Gasteiger partial charge in [-0.3, -0.25) is 4.79 Å². The second-order valence-electron chi connectivity index (χ2n) is 4.52. The third kappa shape index (κ3) is 3.08. The summed E-state index contributed by atoms with van der Waals surface area (Å²) in [5.74, 6) is -1.24. The molecule has 1 aliphatic heterocycles. The summed E-state index contributed by atoms with van der Waals surface area (Å²) in [4.78, 5) is 24.7. The molecule has 0 aromatic heterocycles. The average Bonchev–Trinajstić information content (AvgIpc) is 2.90. The van der Waals surface area contributed by atoms with Crippen LogP contribution in [0.3, 0.4) is 0 Å². The third-order valence-electron chi connectivity index (χ3n) is 3.29. The highest BCUT2D eigenvalue weighted by molar-refractivity contribution is 5.75. The summed E-state index contributed by atoms with van der Waals surface area (Å²) in [6, 6.07) is 8.20. The maximum atomic E-state index is 12.2. The average molecular weight is 279 g/mol. The molecule has 1 amide bonds. The van der Waals surface area contributed by atoms with Crippen LogP contribution in [0, 0.1) is 5.92 Å². The fourth-order valence-corrected chi connectivity index (χ4v) is 2.23. The lowest BCUT2D eigenvalue weighted by Crippen LogP contribution is -2.47. The third-order valence-corrected chi connectivity index (χ3v) is 3.29. The number of hydrogen-bond acceptors (Lipinski definition) is 4. The second kappa shape index (κ2) is 6.38. The molecule has 6 heteroatoms. The van der Waals surface area contributed by atoms with Gasteiger partial charge in [-0.1, -0.05) is 18.2 Å². The van der Waals surface area contributed by atoms with E-state index in [-0.39, 0.29) is 13.2 Å². The molecule has 0 aliphatic carbocycles. The van der Waals surface area contributed by atoms with E-state index < -0.39 is 24.0 Å². The van der Waals surface area contributed by atoms with Gasteiger partial charge in [0.25, 0.3) is 0 Å². The molecule has 1 aromatic rings. The number of carboxylic acid groups (broad SMARTS) is 1. The number of hydrogen-bond donors (Lipinski definition) is 1. The Morgan fingerprint density at radius 2 is 2.05 bits per heavy atom. The lowest BCUT2D eigenvalue weighted by molar-refractivity contribution is -0.142. The van der Waals surface area contributed by atoms with E-state index >= 15 is 0 Å². The number of carbonyl (C=O) groups excluding carboxylic acids is 1. The van der Waals surface area contributed by atoms with Gasteiger partial charge in [-0.2, -0.15) is 0 Å². The minimum atomic E-state index is -0.960. The molecule has 1 aromatic carbocycles. The van der Waals surface area contributed by atoms with Crippen LogP contribution >= 0.6 is 0 Å². The van der Waals surface area contributed by atoms with Crippen molar-refractivity contribution < 1.29 is 24.2 Å². The van der Waals surface area contributed by atoms with Gasteiger partial charge in [-0.25, -0.2) is 4.79 Å². The van der Waals surface area contributed by atoms with Crippen LogP contribution in [0.4, 0.5) is 4.79 Å². The monoisotopic (exact) mass is 279 g/mol. The van der Waals surface area contributed by atoms with Crippen molar-refractivity contribution >= 4 is 12.1 Å². The van der Waals surface area contributed by atoms with Crippen LogP contribution in [0.25, 0.3) is 0 Å². The molecule has 1 aliphatic rings. The highest BCUT2D eigenvalue weighted by atomic mass is 16.6. The Balaban J connectivity index is 2.07. The molecule has 1 heterocycles. The van der Waals surface area contributed by atoms with E-state index in [4.69, 9.17) is 14.6 Å². The topological polar surface area (TPSA) is 76.1 Å². The van der Waals surface area contributed by atoms with Crippen LogP contribution in [0.2, 0.25) is 0 Å². The first-order valence-corrected chi connectivity index (χ1v) is 6.47. The van der Waals surface area contributed by atoms with Gasteiger partial charge in [0.1, 0.15) is 11.7 Å². The lowest BCUT2D eigenvalue weighted by atomic mass is 10.0. The van der Waals surface area contributed by atoms with Crippen LogP contribution in [0.1, 0.15) is 6.92 Å². The predicted molar refractivity (Wildman–Crippen MR) is 70.6 cm³/mol. The molecule has 20 heavy (non-hydrogen) atoms. The van der Waals surface area contributed by atoms with Gasteiger partial charge in [-0.05, 0) is 19.1 Å². The molecule has 2 rings (SSSR count). The highest BCUT2D eigenvalue weighted by Gasteiger charge is 2.40. The number of ether oxygens (including phenoxy) is 2. The Morgan fingerprint density at radius 1 is 1.35 bits per heavy atom. The van der Waals surface area contributed by atoms with Crippen LogP contribution < -0.4 is 4.74 Å². The minimum absolute atomic E-state index is 0.120. The minimum Gasteiger partial charge on any atom is -0.481 e. The Bertz CT molecular complexity index is 476. The van der Waals surface area contributed by atoms with Gasteiger partial charge in [-0.15, -0.1) is 0 Å². The number of nitrogens with zero attached hydrogens (tertiary/aromatic N) is 1. The molecular weight excluding hydrogens is 262 g/mol. The van der Waals surface area contributed by atoms with Crippen LogP contribution in [-0.4, -0.2) is 47.9 Å². The molecule has 0 radical (unpaired) electrons. The van der Waals surface area contributed by atoms with Crippen molar-refractivity contribution in [2.75, 3.05) is 19.8 Å². The van der Waals surface area contributed by atoms with Crippen molar-refractivity contribution in [3.8, 4) is 5.75 Å². The summed E-state index contributed by atoms with van der Waals surface area (Å²) in [5.41, 5.74) is 0. The summed E-state index contributed by atoms with van der Waals surface area (Å²) < 4.78 is 10.4. The number of carboxylic acids is 1. The zero-order valence-electron chi connectivity index (χ0n) is 11.2. The van der Waals surface area contributed by atoms with E-state index in [0.717, 1.165) is 0 Å². The van der Waals surface area contributed by atoms with Gasteiger partial charge in [0.2, 0.25) is 0 Å². The standard InChI is InChI=1S/C14H17NO5/c1-2-15(12-9-19-8-11(12)13(16)17)14(18)20-10-6-4-3-5-7-10/h3-7,11-12H,2,8-9H2,1H3,(H,16,17). The quantitative estimate of drug-likeness (QED) is 0.906. The van der Waals surface area contributed by atoms with E-state index in [9.17, 15) is 9.59 Å². The maximum absolute atomic E-state index is 12.2. The van der Waals surface area contributed by atoms with Crippen molar-refractivity contribution in [1.82, 2.24) is 4.90 Å². The molecule has 2 unspecified atom stereocenters. The first kappa shape index (κ1) is 14.3. The first-order valence-electron chi connectivity index (χ1n) is 6.47. The first-order chi connectivity index (χ1) is 9.63. The van der Waals surface area contributed by atoms with Crippen molar-refractivity contribution in [2.45, 2.75) is 13.0 Å². The fraction of sp³-hybridized carbons (Fsp3) is 0.429. The Hall–Kier alpha value is -2.08. The number of amides is 1. The highest BCUT2D eigenvalue weighted by Crippen LogP contribution is 2.21. The van der Waals surface area contributed by atoms with Gasteiger partial charge in [0.05, 0.1) is 19.3 Å². The molecule has 1 saturated heterocycles. The summed E-state index contributed by atoms with van der Waals surface area (Å²) in [5, 5.41) is 9.14. The van der Waals surface area contributed by atoms with E-state index in [1.54, 1.807) is 31.2 Å². The van der Waals surface area contributed by atoms with E-state index in [0.29, 0.717) is 12.3 Å². The Labute approximate surface area is 116 Å². The van der Waals surface area contributed by atoms with Crippen LogP contribution in [-0.2, 0) is 9.53 Å². The Kier molecular flexibility index (Phi) is 4.57. The second-order valence-corrected chi connectivity index (χ2v) is 4.52. The zero-order valence-corrected chi connectivity index (χ0v) is 11.2. The molecule has 2 atom stereocenters. The lowest BCUT2D eigenvalue weighted by Gasteiger charge is -2.28. The molecule has 0 bridgehead atoms. The maximum Gasteiger partial charge on any atom is 0.415 e. The van der Waals surface area contributed by atoms with E-state index in [1.165, 1.54) is 4.90 Å². The molecule has 108 valence electrons. The molecule has 0 saturated carbocycles. The number of para-hydroxylation sites is 1. The van der Waals surface area contributed by atoms with Crippen LogP contribution in [0.5, 0.6) is 5.75 Å². The number of carbonyl (C=O) groups is 2. The molecular formula is C14H17NO5. The fourth-order valence-electron chi connectivity index (χ4n) is 2.23. The summed E-state index contributed by atoms with van der Waals surface area (Å²) in [6.45, 7) is 2.48. The zero-order chi connectivity index (χ0) is 14.5. The van der Waals surface area contributed by atoms with E-state index in [2.05, 4.69) is 0 Å². The summed E-state index contributed by atoms with van der Waals surface area (Å²) >= 11 is 0. The SMILES string of the molecule is CCN(C(=O)Oc1ccccc1)C1COCC1C(=O)O. The van der Waals surface area contributed by atoms with Crippen molar-refractivity contribution in [3.05, 3.63) is 30.3 Å². The number of aliphatic carboxylic acids is 1. The molecule has 1 fully saturated rings. The van der Waals surface area contributed by atoms with Gasteiger partial charge >= 0.3 is 12.1 Å². The van der Waals surface area contributed by atoms with E-state index in [1.807, 2.05) is 6.07 Å². The summed E-state index contributed by atoms with van der Waals surface area (Å²) in [6.07, 6.45) is -0.555. The molecule has 0 spiro atoms. The number of rotatable bonds is 4. The number of benzene rings is 1. The Morgan fingerprint density at radius 3 is 2.65 bits per heavy atom. The van der Waals surface area contributed by atoms with Gasteiger partial charge in [0.15, 0.2) is 0 Å². The van der Waals surface area contributed by atoms with Crippen molar-refractivity contribution in [2.24, 2.45) is 5.92 Å². The van der Waals surface area contributed by atoms with Crippen LogP contribution in [0.15, 0.2) is 30.3 Å². The predicted octanol–water partition coefficient (Wildman–Crippen LogP) is 1.61. The van der Waals surface area contributed by atoms with Crippen molar-refractivity contribution in [3.63, 3.8) is 0 Å². The molecule has 1 N–H and O–H groups in total. The van der Waals surface area contributed by atoms with Crippen molar-refractivity contribution in [1.29, 1.82) is 0 Å². The smallest absolute Gasteiger partial charge is 0.415 e. The summed E-state index contributed by atoms with van der Waals surface area (Å²) in [7, 11) is 0. The molecule has 6 nitrogen and oxygen atoms in total. The number of likely N-dealkylation sites (N-methyl/N-ethyl adjacent to an activating group) is 1.